The van der Waals surface area contributed by atoms with E-state index in [0.29, 0.717) is 17.2 Å². The molecule has 0 unspecified atom stereocenters. The number of hydrogen-bond acceptors (Lipinski definition) is 5. The van der Waals surface area contributed by atoms with Crippen LogP contribution in [-0.2, 0) is 0 Å². The van der Waals surface area contributed by atoms with Crippen LogP contribution in [0.2, 0.25) is 0 Å². The lowest BCUT2D eigenvalue weighted by molar-refractivity contribution is 0.467. The van der Waals surface area contributed by atoms with Gasteiger partial charge in [-0.3, -0.25) is 0 Å². The number of aryl methyl sites for hydroxylation is 2. The zero-order valence-electron chi connectivity index (χ0n) is 11.0. The summed E-state index contributed by atoms with van der Waals surface area (Å²) < 4.78 is 19.0. The van der Waals surface area contributed by atoms with Crippen LogP contribution < -0.4 is 10.5 Å². The van der Waals surface area contributed by atoms with Gasteiger partial charge in [-0.25, -0.2) is 9.37 Å². The fourth-order valence-electron chi connectivity index (χ4n) is 1.90. The zero-order chi connectivity index (χ0) is 14.3. The predicted molar refractivity (Wildman–Crippen MR) is 77.8 cm³/mol. The minimum Gasteiger partial charge on any atom is -0.438 e. The summed E-state index contributed by atoms with van der Waals surface area (Å²) in [5.41, 5.74) is 6.20. The van der Waals surface area contributed by atoms with Crippen LogP contribution >= 0.6 is 11.3 Å². The van der Waals surface area contributed by atoms with Gasteiger partial charge in [-0.15, -0.1) is 11.3 Å². The number of hydrogen-bond donors (Lipinski definition) is 1. The van der Waals surface area contributed by atoms with Crippen LogP contribution in [-0.4, -0.2) is 9.97 Å². The van der Waals surface area contributed by atoms with Gasteiger partial charge in [-0.2, -0.15) is 4.98 Å². The molecular weight excluding hydrogens is 277 g/mol. The highest BCUT2D eigenvalue weighted by atomic mass is 32.1. The number of nitrogens with zero attached hydrogens (tertiary/aromatic N) is 2. The number of aromatic nitrogens is 2. The lowest BCUT2D eigenvalue weighted by atomic mass is 10.2. The summed E-state index contributed by atoms with van der Waals surface area (Å²) in [7, 11) is 0. The molecule has 0 aliphatic carbocycles. The summed E-state index contributed by atoms with van der Waals surface area (Å²) in [5, 5.41) is 0.809. The molecule has 2 N–H and O–H groups in total. The number of fused-ring (bicyclic) bond motifs is 1. The molecule has 0 spiro atoms. The lowest BCUT2D eigenvalue weighted by Crippen LogP contribution is -1.97. The highest BCUT2D eigenvalue weighted by Gasteiger charge is 2.12. The number of ether oxygens (including phenoxy) is 1. The van der Waals surface area contributed by atoms with Gasteiger partial charge in [0.15, 0.2) is 0 Å². The summed E-state index contributed by atoms with van der Waals surface area (Å²) in [5.74, 6) is 0.805. The summed E-state index contributed by atoms with van der Waals surface area (Å²) >= 11 is 1.53. The van der Waals surface area contributed by atoms with E-state index in [2.05, 4.69) is 9.97 Å². The van der Waals surface area contributed by atoms with Crippen molar-refractivity contribution >= 4 is 27.5 Å². The summed E-state index contributed by atoms with van der Waals surface area (Å²) in [6, 6.07) is 6.50. The Morgan fingerprint density at radius 3 is 2.75 bits per heavy atom. The van der Waals surface area contributed by atoms with Crippen molar-refractivity contribution in [3.63, 3.8) is 0 Å². The molecule has 3 rings (SSSR count). The van der Waals surface area contributed by atoms with E-state index in [1.54, 1.807) is 19.1 Å². The third-order valence-corrected chi connectivity index (χ3v) is 3.79. The molecule has 0 aliphatic heterocycles. The van der Waals surface area contributed by atoms with Gasteiger partial charge in [0.05, 0.1) is 5.39 Å². The Hall–Kier alpha value is -2.21. The molecule has 20 heavy (non-hydrogen) atoms. The topological polar surface area (TPSA) is 61.0 Å². The molecule has 1 aromatic carbocycles. The second-order valence-electron chi connectivity index (χ2n) is 4.48. The average Bonchev–Trinajstić information content (AvgIpc) is 2.74. The Morgan fingerprint density at radius 2 is 2.00 bits per heavy atom. The van der Waals surface area contributed by atoms with Crippen molar-refractivity contribution in [1.29, 1.82) is 0 Å². The Kier molecular flexibility index (Phi) is 3.02. The molecule has 0 saturated carbocycles. The second kappa shape index (κ2) is 4.72. The van der Waals surface area contributed by atoms with Crippen LogP contribution in [0.15, 0.2) is 24.3 Å². The molecule has 0 bridgehead atoms. The van der Waals surface area contributed by atoms with Crippen molar-refractivity contribution in [2.45, 2.75) is 13.8 Å². The maximum atomic E-state index is 13.3. The molecule has 0 atom stereocenters. The van der Waals surface area contributed by atoms with Crippen molar-refractivity contribution < 1.29 is 9.13 Å². The first kappa shape index (κ1) is 12.8. The van der Waals surface area contributed by atoms with Gasteiger partial charge in [-0.05, 0) is 43.7 Å². The number of nitrogens with two attached hydrogens (primary N) is 1. The van der Waals surface area contributed by atoms with Gasteiger partial charge >= 0.3 is 0 Å². The summed E-state index contributed by atoms with van der Waals surface area (Å²) in [6.45, 7) is 3.66. The highest BCUT2D eigenvalue weighted by molar-refractivity contribution is 7.18. The monoisotopic (exact) mass is 289 g/mol. The van der Waals surface area contributed by atoms with E-state index < -0.39 is 0 Å². The van der Waals surface area contributed by atoms with Crippen molar-refractivity contribution in [3.8, 4) is 11.6 Å². The first-order valence-electron chi connectivity index (χ1n) is 6.00. The fraction of sp³-hybridized carbons (Fsp3) is 0.143. The summed E-state index contributed by atoms with van der Waals surface area (Å²) in [4.78, 5) is 10.2. The third-order valence-electron chi connectivity index (χ3n) is 2.84. The molecule has 2 aromatic heterocycles. The molecule has 0 fully saturated rings. The first-order chi connectivity index (χ1) is 9.52. The molecule has 4 nitrogen and oxygen atoms in total. The van der Waals surface area contributed by atoms with Gasteiger partial charge in [0.25, 0.3) is 0 Å². The lowest BCUT2D eigenvalue weighted by Gasteiger charge is -2.07. The van der Waals surface area contributed by atoms with E-state index in [0.717, 1.165) is 15.1 Å². The number of halogens is 1. The number of rotatable bonds is 2. The minimum atomic E-state index is -0.268. The molecule has 102 valence electrons. The van der Waals surface area contributed by atoms with E-state index in [1.165, 1.54) is 17.4 Å². The van der Waals surface area contributed by atoms with Crippen LogP contribution in [0.4, 0.5) is 10.3 Å². The fourth-order valence-corrected chi connectivity index (χ4v) is 2.78. The molecule has 0 aliphatic rings. The molecule has 6 heteroatoms. The Labute approximate surface area is 119 Å². The Balaban J connectivity index is 2.07. The van der Waals surface area contributed by atoms with Gasteiger partial charge < -0.3 is 10.5 Å². The van der Waals surface area contributed by atoms with Gasteiger partial charge in [0, 0.05) is 4.88 Å². The number of thiophene rings is 1. The van der Waals surface area contributed by atoms with Gasteiger partial charge in [0.2, 0.25) is 11.8 Å². The van der Waals surface area contributed by atoms with E-state index in [-0.39, 0.29) is 11.8 Å². The van der Waals surface area contributed by atoms with Crippen LogP contribution in [0, 0.1) is 19.7 Å². The molecular formula is C14H12FN3OS. The Bertz CT molecular complexity index is 800. The maximum Gasteiger partial charge on any atom is 0.232 e. The standard InChI is InChI=1S/C14H12FN3OS/c1-7-5-9(3-4-11(7)15)19-12-10-6-8(2)20-13(10)18-14(16)17-12/h3-6H,1-2H3,(H2,16,17,18). The summed E-state index contributed by atoms with van der Waals surface area (Å²) in [6.07, 6.45) is 0. The average molecular weight is 289 g/mol. The third kappa shape index (κ3) is 2.30. The van der Waals surface area contributed by atoms with Gasteiger partial charge in [0.1, 0.15) is 16.4 Å². The molecule has 3 aromatic rings. The van der Waals surface area contributed by atoms with Crippen LogP contribution in [0.25, 0.3) is 10.2 Å². The SMILES string of the molecule is Cc1cc2c(Oc3ccc(F)c(C)c3)nc(N)nc2s1. The number of anilines is 1. The second-order valence-corrected chi connectivity index (χ2v) is 5.71. The minimum absolute atomic E-state index is 0.160. The zero-order valence-corrected chi connectivity index (χ0v) is 11.8. The van der Waals surface area contributed by atoms with Crippen molar-refractivity contribution in [3.05, 3.63) is 40.5 Å². The first-order valence-corrected chi connectivity index (χ1v) is 6.82. The van der Waals surface area contributed by atoms with E-state index in [4.69, 9.17) is 10.5 Å². The Morgan fingerprint density at radius 1 is 1.20 bits per heavy atom. The molecule has 0 saturated heterocycles. The van der Waals surface area contributed by atoms with Crippen LogP contribution in [0.5, 0.6) is 11.6 Å². The van der Waals surface area contributed by atoms with E-state index in [1.807, 2.05) is 13.0 Å². The van der Waals surface area contributed by atoms with E-state index >= 15 is 0 Å². The van der Waals surface area contributed by atoms with Crippen molar-refractivity contribution in [2.75, 3.05) is 5.73 Å². The molecule has 2 heterocycles. The van der Waals surface area contributed by atoms with Gasteiger partial charge in [-0.1, -0.05) is 0 Å². The number of nitrogen functional groups attached to an aromatic ring is 1. The number of benzene rings is 1. The van der Waals surface area contributed by atoms with Crippen molar-refractivity contribution in [1.82, 2.24) is 9.97 Å². The van der Waals surface area contributed by atoms with E-state index in [9.17, 15) is 4.39 Å². The molecule has 0 amide bonds. The largest absolute Gasteiger partial charge is 0.438 e. The van der Waals surface area contributed by atoms with Crippen LogP contribution in [0.3, 0.4) is 0 Å². The maximum absolute atomic E-state index is 13.3. The normalized spacial score (nSPS) is 10.9. The van der Waals surface area contributed by atoms with Crippen LogP contribution in [0.1, 0.15) is 10.4 Å². The van der Waals surface area contributed by atoms with Crippen molar-refractivity contribution in [2.24, 2.45) is 0 Å². The molecule has 0 radical (unpaired) electrons. The smallest absolute Gasteiger partial charge is 0.232 e. The highest BCUT2D eigenvalue weighted by Crippen LogP contribution is 2.33. The predicted octanol–water partition coefficient (Wildman–Crippen LogP) is 3.82. The quantitative estimate of drug-likeness (QED) is 0.779.